The van der Waals surface area contributed by atoms with Gasteiger partial charge in [0, 0.05) is 42.4 Å². The number of carbonyl (C=O) groups excluding carboxylic acids is 1. The molecule has 1 aliphatic heterocycles. The second-order valence-corrected chi connectivity index (χ2v) is 9.25. The maximum Gasteiger partial charge on any atom is 0.225 e. The summed E-state index contributed by atoms with van der Waals surface area (Å²) in [5.41, 5.74) is 2.75. The number of carbonyl (C=O) groups is 1. The maximum absolute atomic E-state index is 14.3. The van der Waals surface area contributed by atoms with Crippen molar-refractivity contribution >= 4 is 5.91 Å². The Morgan fingerprint density at radius 2 is 1.90 bits per heavy atom. The monoisotopic (exact) mass is 396 g/mol. The van der Waals surface area contributed by atoms with E-state index in [1.165, 1.54) is 17.2 Å². The highest BCUT2D eigenvalue weighted by Crippen LogP contribution is 2.49. The van der Waals surface area contributed by atoms with Crippen molar-refractivity contribution in [3.8, 4) is 5.75 Å². The lowest BCUT2D eigenvalue weighted by Crippen LogP contribution is -2.40. The molecule has 0 aromatic heterocycles. The maximum atomic E-state index is 14.3. The van der Waals surface area contributed by atoms with Crippen molar-refractivity contribution in [3.63, 3.8) is 0 Å². The fraction of sp³-hybridized carbons (Fsp3) is 0.458. The summed E-state index contributed by atoms with van der Waals surface area (Å²) in [5.74, 6) is 1.18. The van der Waals surface area contributed by atoms with Crippen LogP contribution in [-0.2, 0) is 11.3 Å². The summed E-state index contributed by atoms with van der Waals surface area (Å²) in [6, 6.07) is 13.3. The molecule has 4 nitrogen and oxygen atoms in total. The van der Waals surface area contributed by atoms with Crippen LogP contribution in [0.1, 0.15) is 49.4 Å². The van der Waals surface area contributed by atoms with Crippen LogP contribution in [0.15, 0.2) is 42.5 Å². The van der Waals surface area contributed by atoms with Crippen molar-refractivity contribution in [3.05, 3.63) is 65.0 Å². The number of likely N-dealkylation sites (tertiary alicyclic amines) is 1. The molecule has 0 bridgehead atoms. The lowest BCUT2D eigenvalue weighted by atomic mass is 9.91. The standard InChI is InChI=1S/C24H29FN2O2/c1-24(2,3)23(28)26-22-18-8-6-5-7-17(18)19-13-27(14-20(19)22)12-15-11-16(29-4)9-10-21(15)25/h5-11,19-20,22H,12-14H2,1-4H3,(H,26,28)/t19-,20-,22+/m0/s1. The molecule has 0 spiro atoms. The highest BCUT2D eigenvalue weighted by molar-refractivity contribution is 5.82. The molecule has 1 fully saturated rings. The highest BCUT2D eigenvalue weighted by Gasteiger charge is 2.47. The molecule has 1 aliphatic carbocycles. The SMILES string of the molecule is COc1ccc(F)c(CN2C[C@@H]3[C@H](NC(=O)C(C)(C)C)c4ccccc4[C@@H]3C2)c1. The van der Waals surface area contributed by atoms with Crippen molar-refractivity contribution in [1.29, 1.82) is 0 Å². The van der Waals surface area contributed by atoms with E-state index in [-0.39, 0.29) is 17.8 Å². The van der Waals surface area contributed by atoms with Crippen LogP contribution in [0, 0.1) is 17.2 Å². The Morgan fingerprint density at radius 1 is 1.17 bits per heavy atom. The van der Waals surface area contributed by atoms with Crippen molar-refractivity contribution in [2.75, 3.05) is 20.2 Å². The third-order valence-corrected chi connectivity index (χ3v) is 6.21. The van der Waals surface area contributed by atoms with E-state index >= 15 is 0 Å². The fourth-order valence-electron chi connectivity index (χ4n) is 4.65. The molecule has 1 N–H and O–H groups in total. The van der Waals surface area contributed by atoms with Gasteiger partial charge in [0.1, 0.15) is 11.6 Å². The van der Waals surface area contributed by atoms with E-state index in [9.17, 15) is 9.18 Å². The van der Waals surface area contributed by atoms with Crippen LogP contribution in [0.4, 0.5) is 4.39 Å². The van der Waals surface area contributed by atoms with Gasteiger partial charge in [0.25, 0.3) is 0 Å². The Hall–Kier alpha value is -2.40. The number of halogens is 1. The first-order valence-corrected chi connectivity index (χ1v) is 10.2. The number of amides is 1. The van der Waals surface area contributed by atoms with Crippen molar-refractivity contribution in [2.45, 2.75) is 39.3 Å². The summed E-state index contributed by atoms with van der Waals surface area (Å²) >= 11 is 0. The highest BCUT2D eigenvalue weighted by atomic mass is 19.1. The molecular formula is C24H29FN2O2. The van der Waals surface area contributed by atoms with E-state index in [4.69, 9.17) is 4.74 Å². The summed E-state index contributed by atoms with van der Waals surface area (Å²) < 4.78 is 19.6. The molecule has 0 radical (unpaired) electrons. The van der Waals surface area contributed by atoms with Gasteiger partial charge in [-0.15, -0.1) is 0 Å². The lowest BCUT2D eigenvalue weighted by Gasteiger charge is -2.27. The summed E-state index contributed by atoms with van der Waals surface area (Å²) in [5, 5.41) is 3.30. The molecule has 1 saturated heterocycles. The number of nitrogens with zero attached hydrogens (tertiary/aromatic N) is 1. The van der Waals surface area contributed by atoms with E-state index in [2.05, 4.69) is 28.4 Å². The Morgan fingerprint density at radius 3 is 2.59 bits per heavy atom. The van der Waals surface area contributed by atoms with Crippen LogP contribution in [0.25, 0.3) is 0 Å². The second kappa shape index (κ2) is 7.45. The molecule has 1 heterocycles. The predicted molar refractivity (Wildman–Crippen MR) is 111 cm³/mol. The predicted octanol–water partition coefficient (Wildman–Crippen LogP) is 4.27. The van der Waals surface area contributed by atoms with Gasteiger partial charge in [0.2, 0.25) is 5.91 Å². The minimum atomic E-state index is -0.435. The summed E-state index contributed by atoms with van der Waals surface area (Å²) in [7, 11) is 1.59. The average molecular weight is 397 g/mol. The zero-order valence-corrected chi connectivity index (χ0v) is 17.5. The Bertz CT molecular complexity index is 921. The van der Waals surface area contributed by atoms with Crippen LogP contribution in [0.3, 0.4) is 0 Å². The number of hydrogen-bond donors (Lipinski definition) is 1. The van der Waals surface area contributed by atoms with Crippen LogP contribution in [0.5, 0.6) is 5.75 Å². The minimum Gasteiger partial charge on any atom is -0.497 e. The summed E-state index contributed by atoms with van der Waals surface area (Å²) in [6.45, 7) is 8.04. The van der Waals surface area contributed by atoms with Gasteiger partial charge in [0.05, 0.1) is 13.2 Å². The van der Waals surface area contributed by atoms with Gasteiger partial charge in [-0.2, -0.15) is 0 Å². The summed E-state index contributed by atoms with van der Waals surface area (Å²) in [4.78, 5) is 15.0. The van der Waals surface area contributed by atoms with Crippen LogP contribution in [-0.4, -0.2) is 31.0 Å². The van der Waals surface area contributed by atoms with E-state index in [1.54, 1.807) is 19.2 Å². The molecule has 0 saturated carbocycles. The van der Waals surface area contributed by atoms with Crippen molar-refractivity contribution in [1.82, 2.24) is 10.2 Å². The number of benzene rings is 2. The van der Waals surface area contributed by atoms with Gasteiger partial charge >= 0.3 is 0 Å². The molecule has 2 aromatic carbocycles. The molecule has 2 aromatic rings. The fourth-order valence-corrected chi connectivity index (χ4v) is 4.65. The Labute approximate surface area is 172 Å². The third-order valence-electron chi connectivity index (χ3n) is 6.21. The largest absolute Gasteiger partial charge is 0.497 e. The number of hydrogen-bond acceptors (Lipinski definition) is 3. The normalized spacial score (nSPS) is 23.6. The van der Waals surface area contributed by atoms with Gasteiger partial charge in [-0.25, -0.2) is 4.39 Å². The molecular weight excluding hydrogens is 367 g/mol. The minimum absolute atomic E-state index is 0.00285. The van der Waals surface area contributed by atoms with Crippen molar-refractivity contribution in [2.24, 2.45) is 11.3 Å². The lowest BCUT2D eigenvalue weighted by molar-refractivity contribution is -0.129. The van der Waals surface area contributed by atoms with E-state index in [0.717, 1.165) is 13.1 Å². The molecule has 3 atom stereocenters. The quantitative estimate of drug-likeness (QED) is 0.839. The van der Waals surface area contributed by atoms with Gasteiger partial charge in [-0.3, -0.25) is 9.69 Å². The van der Waals surface area contributed by atoms with E-state index in [1.807, 2.05) is 26.8 Å². The molecule has 0 unspecified atom stereocenters. The van der Waals surface area contributed by atoms with Gasteiger partial charge in [-0.05, 0) is 29.3 Å². The van der Waals surface area contributed by atoms with E-state index in [0.29, 0.717) is 29.7 Å². The molecule has 5 heteroatoms. The molecule has 1 amide bonds. The molecule has 154 valence electrons. The molecule has 4 rings (SSSR count). The Kier molecular flexibility index (Phi) is 5.11. The topological polar surface area (TPSA) is 41.6 Å². The zero-order chi connectivity index (χ0) is 20.8. The van der Waals surface area contributed by atoms with Gasteiger partial charge in [0.15, 0.2) is 0 Å². The van der Waals surface area contributed by atoms with Crippen LogP contribution < -0.4 is 10.1 Å². The number of ether oxygens (including phenoxy) is 1. The smallest absolute Gasteiger partial charge is 0.225 e. The number of fused-ring (bicyclic) bond motifs is 3. The second-order valence-electron chi connectivity index (χ2n) is 9.25. The third kappa shape index (κ3) is 3.76. The van der Waals surface area contributed by atoms with Gasteiger partial charge < -0.3 is 10.1 Å². The summed E-state index contributed by atoms with van der Waals surface area (Å²) in [6.07, 6.45) is 0. The number of methoxy groups -OCH3 is 1. The average Bonchev–Trinajstić information content (AvgIpc) is 3.21. The molecule has 2 aliphatic rings. The van der Waals surface area contributed by atoms with Crippen LogP contribution in [0.2, 0.25) is 0 Å². The first-order chi connectivity index (χ1) is 13.8. The Balaban J connectivity index is 1.57. The first kappa shape index (κ1) is 19.9. The van der Waals surface area contributed by atoms with Crippen molar-refractivity contribution < 1.29 is 13.9 Å². The zero-order valence-electron chi connectivity index (χ0n) is 17.5. The number of nitrogens with one attached hydrogen (secondary N) is 1. The van der Waals surface area contributed by atoms with Crippen LogP contribution >= 0.6 is 0 Å². The number of rotatable bonds is 4. The first-order valence-electron chi connectivity index (χ1n) is 10.2. The van der Waals surface area contributed by atoms with E-state index < -0.39 is 5.41 Å². The van der Waals surface area contributed by atoms with Gasteiger partial charge in [-0.1, -0.05) is 45.0 Å². The molecule has 29 heavy (non-hydrogen) atoms.